The Morgan fingerprint density at radius 3 is 2.54 bits per heavy atom. The monoisotopic (exact) mass is 367 g/mol. The van der Waals surface area contributed by atoms with Crippen LogP contribution in [-0.4, -0.2) is 24.1 Å². The summed E-state index contributed by atoms with van der Waals surface area (Å²) in [5.41, 5.74) is 0.784. The molecule has 2 rings (SSSR count). The van der Waals surface area contributed by atoms with E-state index in [-0.39, 0.29) is 11.4 Å². The maximum absolute atomic E-state index is 12.5. The molecule has 2 aromatic carbocycles. The zero-order chi connectivity index (χ0) is 17.7. The molecular weight excluding hydrogens is 353 g/mol. The number of carbonyl (C=O) groups excluding carboxylic acids is 1. The van der Waals surface area contributed by atoms with Gasteiger partial charge in [-0.15, -0.1) is 0 Å². The Kier molecular flexibility index (Phi) is 6.06. The number of carboxylic acid groups (broad SMARTS) is 1. The van der Waals surface area contributed by atoms with E-state index in [1.807, 2.05) is 0 Å². The molecule has 0 fully saturated rings. The molecule has 0 radical (unpaired) electrons. The summed E-state index contributed by atoms with van der Waals surface area (Å²) in [6, 6.07) is 10.6. The Hall–Kier alpha value is -2.24. The third-order valence-corrected chi connectivity index (χ3v) is 3.94. The van der Waals surface area contributed by atoms with E-state index < -0.39 is 17.9 Å². The van der Waals surface area contributed by atoms with Crippen molar-refractivity contribution in [1.29, 1.82) is 0 Å². The van der Waals surface area contributed by atoms with E-state index >= 15 is 0 Å². The number of methoxy groups -OCH3 is 1. The zero-order valence-electron chi connectivity index (χ0n) is 12.8. The average molecular weight is 368 g/mol. The number of ether oxygens (including phenoxy) is 1. The highest BCUT2D eigenvalue weighted by molar-refractivity contribution is 6.35. The van der Waals surface area contributed by atoms with Gasteiger partial charge in [0.15, 0.2) is 0 Å². The topological polar surface area (TPSA) is 75.6 Å². The largest absolute Gasteiger partial charge is 0.496 e. The Bertz CT molecular complexity index is 764. The van der Waals surface area contributed by atoms with Crippen LogP contribution in [0.5, 0.6) is 5.75 Å². The average Bonchev–Trinajstić information content (AvgIpc) is 2.53. The molecule has 126 valence electrons. The number of nitrogens with one attached hydrogen (secondary N) is 1. The molecule has 1 unspecified atom stereocenters. The number of carboxylic acids is 1. The summed E-state index contributed by atoms with van der Waals surface area (Å²) >= 11 is 12.0. The van der Waals surface area contributed by atoms with E-state index in [1.165, 1.54) is 13.2 Å². The highest BCUT2D eigenvalue weighted by Gasteiger charge is 2.22. The SMILES string of the molecule is COc1ccccc1C(=O)NC(CC(=O)O)c1ccc(Cl)cc1Cl. The summed E-state index contributed by atoms with van der Waals surface area (Å²) in [5, 5.41) is 12.5. The van der Waals surface area contributed by atoms with Gasteiger partial charge in [-0.25, -0.2) is 0 Å². The van der Waals surface area contributed by atoms with Gasteiger partial charge in [-0.2, -0.15) is 0 Å². The number of benzene rings is 2. The highest BCUT2D eigenvalue weighted by atomic mass is 35.5. The van der Waals surface area contributed by atoms with Crippen LogP contribution in [0.2, 0.25) is 10.0 Å². The van der Waals surface area contributed by atoms with Gasteiger partial charge in [0.2, 0.25) is 0 Å². The van der Waals surface area contributed by atoms with Crippen molar-refractivity contribution in [2.24, 2.45) is 0 Å². The van der Waals surface area contributed by atoms with E-state index in [4.69, 9.17) is 33.0 Å². The summed E-state index contributed by atoms with van der Waals surface area (Å²) in [4.78, 5) is 23.7. The van der Waals surface area contributed by atoms with Crippen molar-refractivity contribution in [3.8, 4) is 5.75 Å². The lowest BCUT2D eigenvalue weighted by atomic mass is 10.0. The van der Waals surface area contributed by atoms with Gasteiger partial charge in [0, 0.05) is 10.0 Å². The minimum atomic E-state index is -1.06. The van der Waals surface area contributed by atoms with Crippen LogP contribution in [0.1, 0.15) is 28.4 Å². The molecule has 2 N–H and O–H groups in total. The van der Waals surface area contributed by atoms with Gasteiger partial charge >= 0.3 is 5.97 Å². The van der Waals surface area contributed by atoms with Gasteiger partial charge < -0.3 is 15.2 Å². The number of hydrogen-bond donors (Lipinski definition) is 2. The van der Waals surface area contributed by atoms with Crippen molar-refractivity contribution >= 4 is 35.1 Å². The number of halogens is 2. The molecule has 0 aliphatic carbocycles. The summed E-state index contributed by atoms with van der Waals surface area (Å²) in [7, 11) is 1.46. The van der Waals surface area contributed by atoms with Crippen LogP contribution < -0.4 is 10.1 Å². The molecule has 24 heavy (non-hydrogen) atoms. The van der Waals surface area contributed by atoms with Crippen molar-refractivity contribution in [2.45, 2.75) is 12.5 Å². The smallest absolute Gasteiger partial charge is 0.305 e. The maximum Gasteiger partial charge on any atom is 0.305 e. The lowest BCUT2D eigenvalue weighted by molar-refractivity contribution is -0.137. The standard InChI is InChI=1S/C17H15Cl2NO4/c1-24-15-5-3-2-4-12(15)17(23)20-14(9-16(21)22)11-7-6-10(18)8-13(11)19/h2-8,14H,9H2,1H3,(H,20,23)(H,21,22). The van der Waals surface area contributed by atoms with Crippen LogP contribution in [0.4, 0.5) is 0 Å². The van der Waals surface area contributed by atoms with E-state index in [1.54, 1.807) is 36.4 Å². The normalized spacial score (nSPS) is 11.6. The first kappa shape index (κ1) is 18.1. The molecule has 0 spiro atoms. The Morgan fingerprint density at radius 2 is 1.92 bits per heavy atom. The van der Waals surface area contributed by atoms with E-state index in [0.717, 1.165) is 0 Å². The van der Waals surface area contributed by atoms with Crippen LogP contribution in [0.25, 0.3) is 0 Å². The van der Waals surface area contributed by atoms with Gasteiger partial charge in [0.1, 0.15) is 5.75 Å². The predicted octanol–water partition coefficient (Wildman–Crippen LogP) is 3.95. The number of carbonyl (C=O) groups is 2. The van der Waals surface area contributed by atoms with Crippen molar-refractivity contribution in [2.75, 3.05) is 7.11 Å². The number of para-hydroxylation sites is 1. The molecule has 2 aromatic rings. The molecule has 0 aliphatic rings. The lowest BCUT2D eigenvalue weighted by Crippen LogP contribution is -2.30. The van der Waals surface area contributed by atoms with Crippen molar-refractivity contribution in [3.05, 3.63) is 63.6 Å². The molecule has 5 nitrogen and oxygen atoms in total. The fourth-order valence-electron chi connectivity index (χ4n) is 2.27. The molecule has 1 atom stereocenters. The summed E-state index contributed by atoms with van der Waals surface area (Å²) in [6.45, 7) is 0. The molecule has 0 saturated carbocycles. The van der Waals surface area contributed by atoms with Crippen molar-refractivity contribution in [1.82, 2.24) is 5.32 Å². The van der Waals surface area contributed by atoms with Gasteiger partial charge in [-0.05, 0) is 29.8 Å². The molecule has 0 saturated heterocycles. The number of rotatable bonds is 6. The number of amides is 1. The maximum atomic E-state index is 12.5. The second kappa shape index (κ2) is 8.04. The molecule has 0 aliphatic heterocycles. The van der Waals surface area contributed by atoms with Gasteiger partial charge in [0.25, 0.3) is 5.91 Å². The Balaban J connectivity index is 2.32. The van der Waals surface area contributed by atoms with Gasteiger partial charge in [0.05, 0.1) is 25.1 Å². The summed E-state index contributed by atoms with van der Waals surface area (Å²) < 4.78 is 5.15. The third-order valence-electron chi connectivity index (χ3n) is 3.37. The van der Waals surface area contributed by atoms with Crippen LogP contribution in [-0.2, 0) is 4.79 Å². The first-order valence-corrected chi connectivity index (χ1v) is 7.78. The number of aliphatic carboxylic acids is 1. The summed E-state index contributed by atoms with van der Waals surface area (Å²) in [6.07, 6.45) is -0.317. The zero-order valence-corrected chi connectivity index (χ0v) is 14.3. The van der Waals surface area contributed by atoms with E-state index in [2.05, 4.69) is 5.32 Å². The molecule has 0 bridgehead atoms. The fraction of sp³-hybridized carbons (Fsp3) is 0.176. The first-order chi connectivity index (χ1) is 11.4. The van der Waals surface area contributed by atoms with E-state index in [0.29, 0.717) is 21.9 Å². The van der Waals surface area contributed by atoms with Crippen LogP contribution >= 0.6 is 23.2 Å². The van der Waals surface area contributed by atoms with Gasteiger partial charge in [-0.1, -0.05) is 41.4 Å². The fourth-order valence-corrected chi connectivity index (χ4v) is 2.81. The molecule has 0 heterocycles. The molecular formula is C17H15Cl2NO4. The quantitative estimate of drug-likeness (QED) is 0.810. The summed E-state index contributed by atoms with van der Waals surface area (Å²) in [5.74, 6) is -1.12. The minimum absolute atomic E-state index is 0.286. The third kappa shape index (κ3) is 4.40. The molecule has 0 aromatic heterocycles. The van der Waals surface area contributed by atoms with E-state index in [9.17, 15) is 9.59 Å². The van der Waals surface area contributed by atoms with Gasteiger partial charge in [-0.3, -0.25) is 9.59 Å². The van der Waals surface area contributed by atoms with Crippen LogP contribution in [0.3, 0.4) is 0 Å². The molecule has 1 amide bonds. The Labute approximate surface area is 149 Å². The van der Waals surface area contributed by atoms with Crippen molar-refractivity contribution in [3.63, 3.8) is 0 Å². The van der Waals surface area contributed by atoms with Crippen LogP contribution in [0.15, 0.2) is 42.5 Å². The van der Waals surface area contributed by atoms with Crippen molar-refractivity contribution < 1.29 is 19.4 Å². The predicted molar refractivity (Wildman–Crippen MR) is 91.9 cm³/mol. The number of hydrogen-bond acceptors (Lipinski definition) is 3. The Morgan fingerprint density at radius 1 is 1.21 bits per heavy atom. The lowest BCUT2D eigenvalue weighted by Gasteiger charge is -2.19. The minimum Gasteiger partial charge on any atom is -0.496 e. The second-order valence-corrected chi connectivity index (χ2v) is 5.83. The van der Waals surface area contributed by atoms with Crippen LogP contribution in [0, 0.1) is 0 Å². The molecule has 7 heteroatoms. The highest BCUT2D eigenvalue weighted by Crippen LogP contribution is 2.29. The first-order valence-electron chi connectivity index (χ1n) is 7.03. The second-order valence-electron chi connectivity index (χ2n) is 4.99.